The fourth-order valence-electron chi connectivity index (χ4n) is 3.52. The van der Waals surface area contributed by atoms with Crippen LogP contribution in [-0.2, 0) is 4.75 Å². The molecule has 0 saturated carbocycles. The van der Waals surface area contributed by atoms with Crippen molar-refractivity contribution < 1.29 is 4.52 Å². The lowest BCUT2D eigenvalue weighted by molar-refractivity contribution is 0.360. The van der Waals surface area contributed by atoms with E-state index in [1.165, 1.54) is 16.7 Å². The van der Waals surface area contributed by atoms with Gasteiger partial charge in [0.2, 0.25) is 5.89 Å². The zero-order valence-electron chi connectivity index (χ0n) is 18.7. The van der Waals surface area contributed by atoms with E-state index in [2.05, 4.69) is 95.6 Å². The van der Waals surface area contributed by atoms with E-state index in [0.717, 1.165) is 5.75 Å². The first-order valence-electron chi connectivity index (χ1n) is 10.8. The highest BCUT2D eigenvalue weighted by Crippen LogP contribution is 2.49. The number of thioether (sulfide) groups is 1. The number of rotatable bonds is 8. The van der Waals surface area contributed by atoms with Crippen molar-refractivity contribution in [2.24, 2.45) is 11.5 Å². The summed E-state index contributed by atoms with van der Waals surface area (Å²) in [7, 11) is 0. The van der Waals surface area contributed by atoms with E-state index < -0.39 is 4.75 Å². The summed E-state index contributed by atoms with van der Waals surface area (Å²) in [5, 5.41) is 3.88. The highest BCUT2D eigenvalue weighted by molar-refractivity contribution is 8.00. The molecule has 1 aromatic heterocycles. The first-order valence-corrected chi connectivity index (χ1v) is 12.4. The minimum Gasteiger partial charge on any atom is -0.338 e. The SMILES string of the molecule is Cc1noc([C@@H](N)CSC(c2ccccc2)(c2ccccc2)c2ccccc2)n1.NCCS. The van der Waals surface area contributed by atoms with Gasteiger partial charge in [0.25, 0.3) is 0 Å². The Bertz CT molecular complexity index is 977. The Balaban J connectivity index is 0.000000709. The summed E-state index contributed by atoms with van der Waals surface area (Å²) in [6.07, 6.45) is 0. The van der Waals surface area contributed by atoms with Gasteiger partial charge >= 0.3 is 0 Å². The lowest BCUT2D eigenvalue weighted by Crippen LogP contribution is -2.28. The van der Waals surface area contributed by atoms with Gasteiger partial charge in [0.1, 0.15) is 0 Å². The quantitative estimate of drug-likeness (QED) is 0.244. The highest BCUT2D eigenvalue weighted by atomic mass is 32.2. The van der Waals surface area contributed by atoms with Gasteiger partial charge in [0, 0.05) is 18.1 Å². The first kappa shape index (κ1) is 25.1. The van der Waals surface area contributed by atoms with Gasteiger partial charge in [-0.3, -0.25) is 0 Å². The molecule has 0 fully saturated rings. The molecule has 0 aliphatic rings. The van der Waals surface area contributed by atoms with Crippen LogP contribution in [0.25, 0.3) is 0 Å². The van der Waals surface area contributed by atoms with Crippen LogP contribution in [0.5, 0.6) is 0 Å². The fraction of sp³-hybridized carbons (Fsp3) is 0.231. The lowest BCUT2D eigenvalue weighted by Gasteiger charge is -2.36. The molecule has 1 heterocycles. The number of thiol groups is 1. The molecule has 0 bridgehead atoms. The van der Waals surface area contributed by atoms with Crippen molar-refractivity contribution in [1.29, 1.82) is 0 Å². The van der Waals surface area contributed by atoms with Crippen LogP contribution in [0.1, 0.15) is 34.4 Å². The van der Waals surface area contributed by atoms with Gasteiger partial charge in [-0.15, -0.1) is 11.8 Å². The number of aryl methyl sites for hydroxylation is 1. The second-order valence-electron chi connectivity index (χ2n) is 7.39. The molecule has 1 atom stereocenters. The van der Waals surface area contributed by atoms with Crippen molar-refractivity contribution in [2.45, 2.75) is 17.7 Å². The zero-order valence-corrected chi connectivity index (χ0v) is 20.4. The van der Waals surface area contributed by atoms with Crippen LogP contribution < -0.4 is 11.5 Å². The molecule has 7 heteroatoms. The summed E-state index contributed by atoms with van der Waals surface area (Å²) < 4.78 is 4.90. The topological polar surface area (TPSA) is 91.0 Å². The molecule has 3 aromatic carbocycles. The zero-order chi connectivity index (χ0) is 23.5. The van der Waals surface area contributed by atoms with Crippen LogP contribution in [-0.4, -0.2) is 28.2 Å². The van der Waals surface area contributed by atoms with Crippen molar-refractivity contribution in [1.82, 2.24) is 10.1 Å². The first-order chi connectivity index (χ1) is 16.1. The molecule has 0 unspecified atom stereocenters. The highest BCUT2D eigenvalue weighted by Gasteiger charge is 2.37. The summed E-state index contributed by atoms with van der Waals surface area (Å²) in [5.41, 5.74) is 15.0. The predicted octanol–water partition coefficient (Wildman–Crippen LogP) is 4.98. The van der Waals surface area contributed by atoms with Crippen LogP contribution in [0, 0.1) is 6.92 Å². The van der Waals surface area contributed by atoms with Crippen LogP contribution in [0.4, 0.5) is 0 Å². The molecule has 4 N–H and O–H groups in total. The monoisotopic (exact) mass is 478 g/mol. The Hall–Kier alpha value is -2.58. The van der Waals surface area contributed by atoms with Crippen LogP contribution in [0.15, 0.2) is 95.5 Å². The third kappa shape index (κ3) is 6.26. The number of nitrogens with two attached hydrogens (primary N) is 2. The summed E-state index contributed by atoms with van der Waals surface area (Å²) >= 11 is 5.58. The molecule has 0 amide bonds. The van der Waals surface area contributed by atoms with E-state index in [1.807, 2.05) is 18.2 Å². The van der Waals surface area contributed by atoms with Crippen LogP contribution in [0.3, 0.4) is 0 Å². The van der Waals surface area contributed by atoms with E-state index >= 15 is 0 Å². The Labute approximate surface area is 205 Å². The minimum atomic E-state index is -0.406. The van der Waals surface area contributed by atoms with Gasteiger partial charge in [-0.1, -0.05) is 96.2 Å². The molecular weight excluding hydrogens is 448 g/mol. The molecular formula is C26H30N4OS2. The maximum Gasteiger partial charge on any atom is 0.244 e. The van der Waals surface area contributed by atoms with E-state index in [1.54, 1.807) is 18.7 Å². The molecule has 0 radical (unpaired) electrons. The molecule has 0 aliphatic heterocycles. The predicted molar refractivity (Wildman–Crippen MR) is 141 cm³/mol. The van der Waals surface area contributed by atoms with E-state index in [-0.39, 0.29) is 6.04 Å². The van der Waals surface area contributed by atoms with Gasteiger partial charge in [-0.05, 0) is 23.6 Å². The molecule has 5 nitrogen and oxygen atoms in total. The molecule has 4 aromatic rings. The summed E-state index contributed by atoms with van der Waals surface area (Å²) in [5.74, 6) is 2.49. The second kappa shape index (κ2) is 12.6. The summed E-state index contributed by atoms with van der Waals surface area (Å²) in [4.78, 5) is 4.31. The van der Waals surface area contributed by atoms with E-state index in [9.17, 15) is 0 Å². The standard InChI is InChI=1S/C24H23N3OS.C2H7NS/c1-18-26-23(28-27-18)22(25)17-29-24(19-11-5-2-6-12-19,20-13-7-3-8-14-20)21-15-9-4-10-16-21;3-1-2-4/h2-16,22H,17,25H2,1H3;4H,1-3H2/t22-;/m0./s1. The summed E-state index contributed by atoms with van der Waals surface area (Å²) in [6, 6.07) is 31.3. The average Bonchev–Trinajstić information content (AvgIpc) is 3.33. The maximum absolute atomic E-state index is 6.43. The molecule has 0 aliphatic carbocycles. The van der Waals surface area contributed by atoms with Gasteiger partial charge in [0.05, 0.1) is 10.8 Å². The third-order valence-electron chi connectivity index (χ3n) is 5.01. The van der Waals surface area contributed by atoms with E-state index in [0.29, 0.717) is 24.0 Å². The van der Waals surface area contributed by atoms with Gasteiger partial charge in [0.15, 0.2) is 5.82 Å². The number of nitrogens with zero attached hydrogens (tertiary/aromatic N) is 2. The lowest BCUT2D eigenvalue weighted by atomic mass is 9.84. The average molecular weight is 479 g/mol. The normalized spacial score (nSPS) is 12.0. The Kier molecular flexibility index (Phi) is 9.57. The van der Waals surface area contributed by atoms with Crippen LogP contribution in [0.2, 0.25) is 0 Å². The van der Waals surface area contributed by atoms with Gasteiger partial charge in [-0.25, -0.2) is 0 Å². The van der Waals surface area contributed by atoms with Crippen LogP contribution >= 0.6 is 24.4 Å². The van der Waals surface area contributed by atoms with E-state index in [4.69, 9.17) is 16.0 Å². The number of hydrogen-bond acceptors (Lipinski definition) is 7. The molecule has 172 valence electrons. The van der Waals surface area contributed by atoms with Gasteiger partial charge < -0.3 is 16.0 Å². The molecule has 0 saturated heterocycles. The largest absolute Gasteiger partial charge is 0.338 e. The van der Waals surface area contributed by atoms with Crippen molar-refractivity contribution in [3.63, 3.8) is 0 Å². The van der Waals surface area contributed by atoms with Crippen molar-refractivity contribution >= 4 is 24.4 Å². The smallest absolute Gasteiger partial charge is 0.244 e. The second-order valence-corrected chi connectivity index (χ2v) is 9.07. The summed E-state index contributed by atoms with van der Waals surface area (Å²) in [6.45, 7) is 2.48. The van der Waals surface area contributed by atoms with Crippen molar-refractivity contribution in [2.75, 3.05) is 18.1 Å². The van der Waals surface area contributed by atoms with Crippen molar-refractivity contribution in [3.05, 3.63) is 119 Å². The van der Waals surface area contributed by atoms with Gasteiger partial charge in [-0.2, -0.15) is 17.6 Å². The molecule has 0 spiro atoms. The minimum absolute atomic E-state index is 0.350. The fourth-order valence-corrected chi connectivity index (χ4v) is 5.00. The third-order valence-corrected chi connectivity index (χ3v) is 6.93. The van der Waals surface area contributed by atoms with Crippen molar-refractivity contribution in [3.8, 4) is 0 Å². The molecule has 4 rings (SSSR count). The Morgan fingerprint density at radius 3 is 1.64 bits per heavy atom. The maximum atomic E-state index is 6.43. The number of aromatic nitrogens is 2. The number of hydrogen-bond donors (Lipinski definition) is 3. The number of benzene rings is 3. The Morgan fingerprint density at radius 1 is 0.879 bits per heavy atom. The Morgan fingerprint density at radius 2 is 1.30 bits per heavy atom. The molecule has 33 heavy (non-hydrogen) atoms.